The molecule has 7 heteroatoms. The van der Waals surface area contributed by atoms with Crippen molar-refractivity contribution in [2.45, 2.75) is 18.9 Å². The molecule has 1 unspecified atom stereocenters. The predicted octanol–water partition coefficient (Wildman–Crippen LogP) is 2.35. The Morgan fingerprint density at radius 1 is 1.22 bits per heavy atom. The van der Waals surface area contributed by atoms with Crippen molar-refractivity contribution >= 4 is 12.3 Å². The number of nitrogens with zero attached hydrogens (tertiary/aromatic N) is 2. The van der Waals surface area contributed by atoms with E-state index in [0.29, 0.717) is 30.8 Å². The van der Waals surface area contributed by atoms with Crippen LogP contribution in [-0.2, 0) is 9.59 Å². The zero-order valence-electron chi connectivity index (χ0n) is 15.0. The van der Waals surface area contributed by atoms with Crippen molar-refractivity contribution in [2.75, 3.05) is 13.7 Å². The molecule has 0 saturated heterocycles. The molecular weight excluding hydrogens is 346 g/mol. The average Bonchev–Trinajstić information content (AvgIpc) is 2.72. The zero-order chi connectivity index (χ0) is 19.6. The fourth-order valence-electron chi connectivity index (χ4n) is 2.59. The maximum absolute atomic E-state index is 11.3. The number of hydrogen-bond acceptors (Lipinski definition) is 5. The second-order valence-electron chi connectivity index (χ2n) is 6.01. The molecule has 0 aromatic heterocycles. The predicted molar refractivity (Wildman–Crippen MR) is 98.9 cm³/mol. The van der Waals surface area contributed by atoms with E-state index in [1.54, 1.807) is 24.7 Å². The standard InChI is InChI=1S/C20H21N3O4/c1-23(14-24)18(12-20(25)22-26)10-11-27-19-8-6-17(7-9-19)16-4-2-15(13-21)3-5-16/h2-9,14,18,26H,10-12H2,1H3,(H,22,25). The Balaban J connectivity index is 1.92. The molecule has 27 heavy (non-hydrogen) atoms. The van der Waals surface area contributed by atoms with Crippen molar-refractivity contribution in [2.24, 2.45) is 0 Å². The number of carbonyl (C=O) groups is 2. The molecule has 0 radical (unpaired) electrons. The lowest BCUT2D eigenvalue weighted by molar-refractivity contribution is -0.131. The molecule has 0 heterocycles. The van der Waals surface area contributed by atoms with Crippen LogP contribution in [0.3, 0.4) is 0 Å². The van der Waals surface area contributed by atoms with Crippen molar-refractivity contribution in [1.29, 1.82) is 5.26 Å². The van der Waals surface area contributed by atoms with Gasteiger partial charge in [-0.05, 0) is 35.4 Å². The fraction of sp³-hybridized carbons (Fsp3) is 0.250. The van der Waals surface area contributed by atoms with Crippen LogP contribution in [0.1, 0.15) is 18.4 Å². The molecule has 0 fully saturated rings. The summed E-state index contributed by atoms with van der Waals surface area (Å²) in [5.74, 6) is 0.118. The van der Waals surface area contributed by atoms with Gasteiger partial charge in [-0.1, -0.05) is 24.3 Å². The van der Waals surface area contributed by atoms with Crippen molar-refractivity contribution in [3.8, 4) is 22.9 Å². The second kappa shape index (κ2) is 9.94. The van der Waals surface area contributed by atoms with Gasteiger partial charge in [-0.3, -0.25) is 14.8 Å². The highest BCUT2D eigenvalue weighted by atomic mass is 16.5. The number of carbonyl (C=O) groups excluding carboxylic acids is 2. The van der Waals surface area contributed by atoms with E-state index in [0.717, 1.165) is 11.1 Å². The number of rotatable bonds is 9. The van der Waals surface area contributed by atoms with E-state index in [-0.39, 0.29) is 12.5 Å². The van der Waals surface area contributed by atoms with Gasteiger partial charge in [-0.15, -0.1) is 0 Å². The number of ether oxygens (including phenoxy) is 1. The quantitative estimate of drug-likeness (QED) is 0.402. The number of benzene rings is 2. The van der Waals surface area contributed by atoms with Gasteiger partial charge < -0.3 is 9.64 Å². The minimum absolute atomic E-state index is 0.00721. The molecule has 0 saturated carbocycles. The summed E-state index contributed by atoms with van der Waals surface area (Å²) >= 11 is 0. The van der Waals surface area contributed by atoms with E-state index >= 15 is 0 Å². The first-order valence-corrected chi connectivity index (χ1v) is 8.41. The summed E-state index contributed by atoms with van der Waals surface area (Å²) in [4.78, 5) is 23.6. The minimum atomic E-state index is -0.555. The summed E-state index contributed by atoms with van der Waals surface area (Å²) in [5.41, 5.74) is 4.19. The molecule has 0 aliphatic heterocycles. The molecule has 2 aromatic carbocycles. The van der Waals surface area contributed by atoms with Gasteiger partial charge in [-0.2, -0.15) is 5.26 Å². The van der Waals surface area contributed by atoms with E-state index in [2.05, 4.69) is 6.07 Å². The van der Waals surface area contributed by atoms with Crippen LogP contribution in [0.25, 0.3) is 11.1 Å². The van der Waals surface area contributed by atoms with Gasteiger partial charge in [0.1, 0.15) is 5.75 Å². The van der Waals surface area contributed by atoms with Crippen LogP contribution >= 0.6 is 0 Å². The maximum atomic E-state index is 11.3. The second-order valence-corrected chi connectivity index (χ2v) is 6.01. The van der Waals surface area contributed by atoms with Gasteiger partial charge >= 0.3 is 0 Å². The Labute approximate surface area is 157 Å². The molecule has 0 bridgehead atoms. The van der Waals surface area contributed by atoms with E-state index in [4.69, 9.17) is 15.2 Å². The lowest BCUT2D eigenvalue weighted by Crippen LogP contribution is -2.36. The first-order chi connectivity index (χ1) is 13.1. The molecule has 0 aliphatic rings. The highest BCUT2D eigenvalue weighted by Crippen LogP contribution is 2.23. The van der Waals surface area contributed by atoms with Crippen molar-refractivity contribution < 1.29 is 19.5 Å². The van der Waals surface area contributed by atoms with Crippen molar-refractivity contribution in [3.63, 3.8) is 0 Å². The van der Waals surface area contributed by atoms with Gasteiger partial charge in [0, 0.05) is 25.9 Å². The Morgan fingerprint density at radius 2 is 1.81 bits per heavy atom. The fourth-order valence-corrected chi connectivity index (χ4v) is 2.59. The van der Waals surface area contributed by atoms with Gasteiger partial charge in [-0.25, -0.2) is 5.48 Å². The third-order valence-corrected chi connectivity index (χ3v) is 4.21. The molecule has 0 spiro atoms. The van der Waals surface area contributed by atoms with Crippen LogP contribution in [0.4, 0.5) is 0 Å². The van der Waals surface area contributed by atoms with Crippen LogP contribution < -0.4 is 10.2 Å². The Kier molecular flexibility index (Phi) is 7.35. The molecule has 1 atom stereocenters. The number of hydrogen-bond donors (Lipinski definition) is 2. The summed E-state index contributed by atoms with van der Waals surface area (Å²) in [6, 6.07) is 16.6. The highest BCUT2D eigenvalue weighted by Gasteiger charge is 2.17. The molecule has 140 valence electrons. The lowest BCUT2D eigenvalue weighted by Gasteiger charge is -2.23. The van der Waals surface area contributed by atoms with Crippen molar-refractivity contribution in [1.82, 2.24) is 10.4 Å². The van der Waals surface area contributed by atoms with E-state index in [1.165, 1.54) is 4.90 Å². The largest absolute Gasteiger partial charge is 0.494 e. The third-order valence-electron chi connectivity index (χ3n) is 4.21. The molecule has 2 N–H and O–H groups in total. The topological polar surface area (TPSA) is 103 Å². The van der Waals surface area contributed by atoms with E-state index in [9.17, 15) is 9.59 Å². The van der Waals surface area contributed by atoms with Gasteiger partial charge in [0.05, 0.1) is 18.2 Å². The van der Waals surface area contributed by atoms with Crippen LogP contribution in [0.5, 0.6) is 5.75 Å². The minimum Gasteiger partial charge on any atom is -0.494 e. The van der Waals surface area contributed by atoms with Gasteiger partial charge in [0.2, 0.25) is 12.3 Å². The number of amides is 2. The summed E-state index contributed by atoms with van der Waals surface area (Å²) in [7, 11) is 1.58. The Hall–Kier alpha value is -3.37. The van der Waals surface area contributed by atoms with Gasteiger partial charge in [0.15, 0.2) is 0 Å². The van der Waals surface area contributed by atoms with E-state index < -0.39 is 5.91 Å². The van der Waals surface area contributed by atoms with Crippen LogP contribution in [0.2, 0.25) is 0 Å². The smallest absolute Gasteiger partial charge is 0.245 e. The molecule has 2 aromatic rings. The van der Waals surface area contributed by atoms with Gasteiger partial charge in [0.25, 0.3) is 0 Å². The summed E-state index contributed by atoms with van der Waals surface area (Å²) in [6.07, 6.45) is 1.08. The highest BCUT2D eigenvalue weighted by molar-refractivity contribution is 5.75. The van der Waals surface area contributed by atoms with Crippen molar-refractivity contribution in [3.05, 3.63) is 54.1 Å². The molecule has 0 aliphatic carbocycles. The zero-order valence-corrected chi connectivity index (χ0v) is 15.0. The molecule has 2 rings (SSSR count). The van der Waals surface area contributed by atoms with Crippen LogP contribution in [0.15, 0.2) is 48.5 Å². The van der Waals surface area contributed by atoms with E-state index in [1.807, 2.05) is 36.4 Å². The normalized spacial score (nSPS) is 11.1. The monoisotopic (exact) mass is 367 g/mol. The molecular formula is C20H21N3O4. The summed E-state index contributed by atoms with van der Waals surface area (Å²) < 4.78 is 5.69. The third kappa shape index (κ3) is 5.83. The molecule has 2 amide bonds. The summed E-state index contributed by atoms with van der Waals surface area (Å²) in [5, 5.41) is 17.5. The first-order valence-electron chi connectivity index (χ1n) is 8.41. The average molecular weight is 367 g/mol. The van der Waals surface area contributed by atoms with Crippen LogP contribution in [0, 0.1) is 11.3 Å². The Morgan fingerprint density at radius 3 is 2.33 bits per heavy atom. The number of hydroxylamine groups is 1. The number of nitrogens with one attached hydrogen (secondary N) is 1. The Bertz CT molecular complexity index is 797. The lowest BCUT2D eigenvalue weighted by atomic mass is 10.0. The SMILES string of the molecule is CN(C=O)C(CCOc1ccc(-c2ccc(C#N)cc2)cc1)CC(=O)NO. The number of nitriles is 1. The maximum Gasteiger partial charge on any atom is 0.245 e. The molecule has 7 nitrogen and oxygen atoms in total. The summed E-state index contributed by atoms with van der Waals surface area (Å²) in [6.45, 7) is 0.317. The first kappa shape index (κ1) is 19.9. The van der Waals surface area contributed by atoms with Crippen LogP contribution in [-0.4, -0.2) is 42.1 Å².